The number of nitrogens with two attached hydrogens (primary N) is 1. The molecule has 62 valence electrons. The Labute approximate surface area is 71.6 Å². The zero-order chi connectivity index (χ0) is 8.39. The van der Waals surface area contributed by atoms with Gasteiger partial charge in [0.2, 0.25) is 5.89 Å². The van der Waals surface area contributed by atoms with Crippen LogP contribution in [0.4, 0.5) is 0 Å². The van der Waals surface area contributed by atoms with E-state index in [1.54, 1.807) is 6.20 Å². The first-order valence-electron chi connectivity index (χ1n) is 3.20. The van der Waals surface area contributed by atoms with Crippen molar-refractivity contribution in [1.29, 1.82) is 0 Å². The van der Waals surface area contributed by atoms with Crippen LogP contribution >= 0.6 is 11.5 Å². The van der Waals surface area contributed by atoms with E-state index in [-0.39, 0.29) is 6.54 Å². The van der Waals surface area contributed by atoms with Crippen LogP contribution < -0.4 is 5.73 Å². The van der Waals surface area contributed by atoms with Crippen molar-refractivity contribution in [3.63, 3.8) is 0 Å². The minimum absolute atomic E-state index is 0.249. The summed E-state index contributed by atoms with van der Waals surface area (Å²) in [5.74, 6) is 0.837. The van der Waals surface area contributed by atoms with Crippen molar-refractivity contribution in [1.82, 2.24) is 19.8 Å². The molecule has 12 heavy (non-hydrogen) atoms. The van der Waals surface area contributed by atoms with Crippen LogP contribution in [0.3, 0.4) is 0 Å². The first-order valence-corrected chi connectivity index (χ1v) is 3.97. The van der Waals surface area contributed by atoms with E-state index in [1.807, 2.05) is 0 Å². The topological polar surface area (TPSA) is 90.7 Å². The van der Waals surface area contributed by atoms with Crippen molar-refractivity contribution < 1.29 is 4.42 Å². The van der Waals surface area contributed by atoms with Gasteiger partial charge in [0, 0.05) is 0 Å². The second-order valence-corrected chi connectivity index (χ2v) is 2.77. The summed E-state index contributed by atoms with van der Waals surface area (Å²) >= 11 is 1.20. The molecule has 7 heteroatoms. The molecule has 0 unspecified atom stereocenters. The molecule has 0 aliphatic heterocycles. The van der Waals surface area contributed by atoms with Gasteiger partial charge in [0.1, 0.15) is 4.88 Å². The summed E-state index contributed by atoms with van der Waals surface area (Å²) in [6, 6.07) is 0. The number of hydrogen-bond donors (Lipinski definition) is 1. The third-order valence-electron chi connectivity index (χ3n) is 1.21. The van der Waals surface area contributed by atoms with Gasteiger partial charge in [-0.25, -0.2) is 0 Å². The highest BCUT2D eigenvalue weighted by Gasteiger charge is 2.08. The van der Waals surface area contributed by atoms with Gasteiger partial charge < -0.3 is 10.2 Å². The Balaban J connectivity index is 2.35. The van der Waals surface area contributed by atoms with Crippen LogP contribution in [0.5, 0.6) is 0 Å². The van der Waals surface area contributed by atoms with Crippen LogP contribution in [0.1, 0.15) is 5.89 Å². The lowest BCUT2D eigenvalue weighted by Gasteiger charge is -1.82. The van der Waals surface area contributed by atoms with Crippen molar-refractivity contribution in [3.05, 3.63) is 12.1 Å². The quantitative estimate of drug-likeness (QED) is 0.707. The summed E-state index contributed by atoms with van der Waals surface area (Å²) in [6.07, 6.45) is 1.57. The molecule has 0 saturated carbocycles. The Hall–Kier alpha value is -1.34. The molecule has 2 aromatic rings. The van der Waals surface area contributed by atoms with E-state index in [9.17, 15) is 0 Å². The van der Waals surface area contributed by atoms with Gasteiger partial charge in [0.25, 0.3) is 5.89 Å². The van der Waals surface area contributed by atoms with Gasteiger partial charge in [-0.2, -0.15) is 0 Å². The summed E-state index contributed by atoms with van der Waals surface area (Å²) in [6.45, 7) is 0.249. The number of rotatable bonds is 2. The monoisotopic (exact) mass is 183 g/mol. The van der Waals surface area contributed by atoms with Crippen molar-refractivity contribution >= 4 is 11.5 Å². The van der Waals surface area contributed by atoms with Crippen molar-refractivity contribution in [3.8, 4) is 10.8 Å². The Bertz CT molecular complexity index is 356. The first kappa shape index (κ1) is 7.32. The summed E-state index contributed by atoms with van der Waals surface area (Å²) in [5.41, 5.74) is 5.29. The standard InChI is InChI=1S/C5H5N5OS/c6-1-4-8-9-5(11-4)3-2-7-10-12-3/h2H,1,6H2. The molecule has 6 nitrogen and oxygen atoms in total. The molecule has 0 radical (unpaired) electrons. The van der Waals surface area contributed by atoms with E-state index < -0.39 is 0 Å². The molecule has 0 aliphatic carbocycles. The maximum absolute atomic E-state index is 5.29. The first-order chi connectivity index (χ1) is 5.90. The lowest BCUT2D eigenvalue weighted by molar-refractivity contribution is 0.509. The predicted octanol–water partition coefficient (Wildman–Crippen LogP) is 0.0468. The second-order valence-electron chi connectivity index (χ2n) is 1.99. The van der Waals surface area contributed by atoms with E-state index in [2.05, 4.69) is 19.8 Å². The molecular weight excluding hydrogens is 178 g/mol. The zero-order valence-corrected chi connectivity index (χ0v) is 6.78. The fourth-order valence-electron chi connectivity index (χ4n) is 0.697. The third kappa shape index (κ3) is 1.19. The lowest BCUT2D eigenvalue weighted by atomic mass is 10.6. The molecule has 2 rings (SSSR count). The molecule has 0 aliphatic rings. The fourth-order valence-corrected chi connectivity index (χ4v) is 1.13. The largest absolute Gasteiger partial charge is 0.418 e. The molecule has 0 aromatic carbocycles. The Morgan fingerprint density at radius 2 is 2.42 bits per heavy atom. The van der Waals surface area contributed by atoms with Crippen molar-refractivity contribution in [2.45, 2.75) is 6.54 Å². The molecule has 0 spiro atoms. The summed E-state index contributed by atoms with van der Waals surface area (Å²) < 4.78 is 8.83. The van der Waals surface area contributed by atoms with Crippen molar-refractivity contribution in [2.24, 2.45) is 5.73 Å². The second kappa shape index (κ2) is 2.95. The van der Waals surface area contributed by atoms with E-state index in [1.165, 1.54) is 11.5 Å². The zero-order valence-electron chi connectivity index (χ0n) is 5.97. The van der Waals surface area contributed by atoms with Crippen LogP contribution in [0.25, 0.3) is 10.8 Å². The molecule has 0 atom stereocenters. The van der Waals surface area contributed by atoms with Gasteiger partial charge in [0.05, 0.1) is 12.7 Å². The molecule has 0 amide bonds. The Morgan fingerprint density at radius 3 is 3.00 bits per heavy atom. The van der Waals surface area contributed by atoms with Gasteiger partial charge in [-0.05, 0) is 11.5 Å². The van der Waals surface area contributed by atoms with Crippen LogP contribution in [-0.2, 0) is 6.54 Å². The van der Waals surface area contributed by atoms with Crippen LogP contribution in [0, 0.1) is 0 Å². The summed E-state index contributed by atoms with van der Waals surface area (Å²) in [4.78, 5) is 0.752. The number of hydrogen-bond acceptors (Lipinski definition) is 7. The van der Waals surface area contributed by atoms with E-state index in [0.29, 0.717) is 11.8 Å². The summed E-state index contributed by atoms with van der Waals surface area (Å²) in [7, 11) is 0. The van der Waals surface area contributed by atoms with Gasteiger partial charge in [-0.15, -0.1) is 15.3 Å². The normalized spacial score (nSPS) is 10.4. The fraction of sp³-hybridized carbons (Fsp3) is 0.200. The van der Waals surface area contributed by atoms with E-state index in [4.69, 9.17) is 10.2 Å². The highest BCUT2D eigenvalue weighted by Crippen LogP contribution is 2.19. The third-order valence-corrected chi connectivity index (χ3v) is 1.87. The molecule has 2 heterocycles. The molecule has 0 saturated heterocycles. The summed E-state index contributed by atoms with van der Waals surface area (Å²) in [5, 5.41) is 11.1. The van der Waals surface area contributed by atoms with Crippen LogP contribution in [0.15, 0.2) is 10.6 Å². The van der Waals surface area contributed by atoms with Gasteiger partial charge in [-0.3, -0.25) is 0 Å². The average Bonchev–Trinajstić information content (AvgIpc) is 2.75. The van der Waals surface area contributed by atoms with Gasteiger partial charge in [0.15, 0.2) is 0 Å². The predicted molar refractivity (Wildman–Crippen MR) is 41.1 cm³/mol. The molecule has 0 fully saturated rings. The highest BCUT2D eigenvalue weighted by atomic mass is 32.1. The van der Waals surface area contributed by atoms with Gasteiger partial charge in [-0.1, -0.05) is 4.49 Å². The lowest BCUT2D eigenvalue weighted by Crippen LogP contribution is -1.95. The maximum atomic E-state index is 5.29. The molecular formula is C5H5N5OS. The van der Waals surface area contributed by atoms with E-state index >= 15 is 0 Å². The molecule has 2 aromatic heterocycles. The highest BCUT2D eigenvalue weighted by molar-refractivity contribution is 7.09. The van der Waals surface area contributed by atoms with Crippen LogP contribution in [-0.4, -0.2) is 19.8 Å². The SMILES string of the molecule is NCc1nnc(-c2cnns2)o1. The molecule has 2 N–H and O–H groups in total. The maximum Gasteiger partial charge on any atom is 0.261 e. The Kier molecular flexibility index (Phi) is 1.80. The minimum Gasteiger partial charge on any atom is -0.418 e. The number of aromatic nitrogens is 4. The Morgan fingerprint density at radius 1 is 1.50 bits per heavy atom. The number of nitrogens with zero attached hydrogens (tertiary/aromatic N) is 4. The minimum atomic E-state index is 0.249. The smallest absolute Gasteiger partial charge is 0.261 e. The van der Waals surface area contributed by atoms with Crippen molar-refractivity contribution in [2.75, 3.05) is 0 Å². The average molecular weight is 183 g/mol. The van der Waals surface area contributed by atoms with Gasteiger partial charge >= 0.3 is 0 Å². The van der Waals surface area contributed by atoms with Crippen LogP contribution in [0.2, 0.25) is 0 Å². The molecule has 0 bridgehead atoms. The van der Waals surface area contributed by atoms with E-state index in [0.717, 1.165) is 4.88 Å².